The van der Waals surface area contributed by atoms with Crippen molar-refractivity contribution in [3.63, 3.8) is 0 Å². The maximum Gasteiger partial charge on any atom is 0.255 e. The molecule has 0 spiro atoms. The lowest BCUT2D eigenvalue weighted by molar-refractivity contribution is -0.115. The molecule has 1 aliphatic carbocycles. The third-order valence-corrected chi connectivity index (χ3v) is 9.03. The lowest BCUT2D eigenvalue weighted by Crippen LogP contribution is -2.22. The molecule has 0 saturated heterocycles. The summed E-state index contributed by atoms with van der Waals surface area (Å²) in [5.41, 5.74) is 3.88. The number of carbonyl (C=O) groups excluding carboxylic acids is 2. The van der Waals surface area contributed by atoms with Crippen LogP contribution in [-0.4, -0.2) is 17.1 Å². The number of halogens is 1. The Labute approximate surface area is 235 Å². The molecular weight excluding hydrogens is 529 g/mol. The summed E-state index contributed by atoms with van der Waals surface area (Å²) in [6, 6.07) is 25.3. The Bertz CT molecular complexity index is 1540. The Kier molecular flexibility index (Phi) is 8.10. The number of benzene rings is 3. The Morgan fingerprint density at radius 2 is 1.82 bits per heavy atom. The van der Waals surface area contributed by atoms with Crippen molar-refractivity contribution >= 4 is 45.6 Å². The second kappa shape index (κ2) is 11.9. The minimum Gasteiger partial charge on any atom is -0.322 e. The van der Waals surface area contributed by atoms with E-state index in [4.69, 9.17) is 0 Å². The molecule has 5 nitrogen and oxygen atoms in total. The van der Waals surface area contributed by atoms with E-state index in [0.717, 1.165) is 29.7 Å². The van der Waals surface area contributed by atoms with Crippen molar-refractivity contribution < 1.29 is 14.0 Å². The molecule has 1 aliphatic rings. The van der Waals surface area contributed by atoms with Crippen LogP contribution in [-0.2, 0) is 17.6 Å². The molecule has 5 rings (SSSR count). The third-order valence-electron chi connectivity index (χ3n) is 6.77. The number of hydrogen-bond donors (Lipinski definition) is 2. The van der Waals surface area contributed by atoms with Crippen molar-refractivity contribution in [2.24, 2.45) is 0 Å². The number of fused-ring (bicyclic) bond motifs is 1. The van der Waals surface area contributed by atoms with Crippen LogP contribution in [0.4, 0.5) is 15.1 Å². The van der Waals surface area contributed by atoms with Gasteiger partial charge in [0, 0.05) is 21.0 Å². The van der Waals surface area contributed by atoms with Gasteiger partial charge < -0.3 is 10.6 Å². The summed E-state index contributed by atoms with van der Waals surface area (Å²) >= 11 is 2.88. The fraction of sp³-hybridized carbons (Fsp3) is 0.194. The molecule has 1 heterocycles. The van der Waals surface area contributed by atoms with E-state index in [1.807, 2.05) is 19.1 Å². The summed E-state index contributed by atoms with van der Waals surface area (Å²) < 4.78 is 13.2. The third kappa shape index (κ3) is 6.22. The Hall–Kier alpha value is -3.93. The van der Waals surface area contributed by atoms with Crippen LogP contribution in [0.2, 0.25) is 0 Å². The summed E-state index contributed by atoms with van der Waals surface area (Å²) in [6.45, 7) is 1.81. The van der Waals surface area contributed by atoms with Gasteiger partial charge in [0.05, 0.1) is 10.8 Å². The first-order valence-electron chi connectivity index (χ1n) is 12.7. The van der Waals surface area contributed by atoms with Crippen molar-refractivity contribution in [1.29, 1.82) is 5.26 Å². The second-order valence-corrected chi connectivity index (χ2v) is 11.9. The van der Waals surface area contributed by atoms with Gasteiger partial charge in [-0.2, -0.15) is 5.26 Å². The molecule has 0 aliphatic heterocycles. The first-order valence-corrected chi connectivity index (χ1v) is 14.3. The maximum atomic E-state index is 13.2. The molecule has 2 atom stereocenters. The molecule has 0 saturated carbocycles. The van der Waals surface area contributed by atoms with Gasteiger partial charge in [-0.25, -0.2) is 4.39 Å². The van der Waals surface area contributed by atoms with E-state index in [1.165, 1.54) is 57.8 Å². The number of thiophene rings is 1. The van der Waals surface area contributed by atoms with Gasteiger partial charge in [0.1, 0.15) is 16.9 Å². The zero-order chi connectivity index (χ0) is 27.4. The molecule has 2 N–H and O–H groups in total. The topological polar surface area (TPSA) is 82.0 Å². The van der Waals surface area contributed by atoms with Crippen LogP contribution >= 0.6 is 23.1 Å². The number of nitrogens with one attached hydrogen (secondary N) is 2. The highest BCUT2D eigenvalue weighted by Gasteiger charge is 2.28. The summed E-state index contributed by atoms with van der Waals surface area (Å²) in [5.74, 6) is -0.519. The fourth-order valence-corrected chi connectivity index (χ4v) is 6.93. The van der Waals surface area contributed by atoms with E-state index >= 15 is 0 Å². The van der Waals surface area contributed by atoms with Crippen LogP contribution in [0.3, 0.4) is 0 Å². The second-order valence-electron chi connectivity index (χ2n) is 9.41. The normalized spacial score (nSPS) is 15.1. The van der Waals surface area contributed by atoms with Crippen LogP contribution in [0.5, 0.6) is 0 Å². The summed E-state index contributed by atoms with van der Waals surface area (Å²) in [5, 5.41) is 15.9. The zero-order valence-electron chi connectivity index (χ0n) is 21.2. The number of hydrogen-bond acceptors (Lipinski definition) is 5. The number of amides is 2. The molecule has 0 radical (unpaired) electrons. The summed E-state index contributed by atoms with van der Waals surface area (Å²) in [4.78, 5) is 27.6. The van der Waals surface area contributed by atoms with Gasteiger partial charge in [0.15, 0.2) is 0 Å². The van der Waals surface area contributed by atoms with E-state index in [1.54, 1.807) is 18.2 Å². The highest BCUT2D eigenvalue weighted by Crippen LogP contribution is 2.42. The molecule has 2 amide bonds. The van der Waals surface area contributed by atoms with E-state index in [9.17, 15) is 19.2 Å². The summed E-state index contributed by atoms with van der Waals surface area (Å²) in [7, 11) is 0. The Morgan fingerprint density at radius 1 is 1.05 bits per heavy atom. The average Bonchev–Trinajstić information content (AvgIpc) is 3.30. The quantitative estimate of drug-likeness (QED) is 0.233. The molecule has 1 aromatic heterocycles. The van der Waals surface area contributed by atoms with Crippen molar-refractivity contribution in [1.82, 2.24) is 0 Å². The van der Waals surface area contributed by atoms with Crippen LogP contribution in [0, 0.1) is 17.1 Å². The molecule has 196 valence electrons. The number of nitriles is 1. The predicted molar refractivity (Wildman–Crippen MR) is 155 cm³/mol. The Morgan fingerprint density at radius 3 is 2.56 bits per heavy atom. The van der Waals surface area contributed by atoms with E-state index in [2.05, 4.69) is 41.0 Å². The maximum absolute atomic E-state index is 13.2. The molecule has 0 fully saturated rings. The highest BCUT2D eigenvalue weighted by atomic mass is 32.2. The fourth-order valence-electron chi connectivity index (χ4n) is 4.72. The van der Waals surface area contributed by atoms with Crippen molar-refractivity contribution in [2.75, 3.05) is 10.6 Å². The first-order chi connectivity index (χ1) is 18.9. The summed E-state index contributed by atoms with van der Waals surface area (Å²) in [6.07, 6.45) is 2.68. The molecule has 3 aromatic carbocycles. The average molecular weight is 556 g/mol. The smallest absolute Gasteiger partial charge is 0.255 e. The number of anilines is 2. The first kappa shape index (κ1) is 26.7. The monoisotopic (exact) mass is 555 g/mol. The molecule has 39 heavy (non-hydrogen) atoms. The van der Waals surface area contributed by atoms with Crippen molar-refractivity contribution in [2.45, 2.75) is 42.2 Å². The number of carbonyl (C=O) groups is 2. The Balaban J connectivity index is 1.23. The van der Waals surface area contributed by atoms with E-state index in [0.29, 0.717) is 27.7 Å². The number of rotatable bonds is 7. The van der Waals surface area contributed by atoms with Crippen molar-refractivity contribution in [3.05, 3.63) is 112 Å². The zero-order valence-corrected chi connectivity index (χ0v) is 22.9. The SMILES string of the molecule is CC(Sc1cccc(NC(=O)c2ccc(F)cc2)c1)C(=O)Nc1sc2c(c1C#N)CCC(c1ccccc1)C2. The molecule has 8 heteroatoms. The number of thioether (sulfide) groups is 1. The molecule has 2 unspecified atom stereocenters. The lowest BCUT2D eigenvalue weighted by atomic mass is 9.83. The van der Waals surface area contributed by atoms with Gasteiger partial charge in [-0.3, -0.25) is 9.59 Å². The minimum absolute atomic E-state index is 0.185. The van der Waals surface area contributed by atoms with Gasteiger partial charge in [-0.05, 0) is 85.7 Å². The minimum atomic E-state index is -0.434. The molecule has 0 bridgehead atoms. The van der Waals surface area contributed by atoms with Gasteiger partial charge in [0.25, 0.3) is 5.91 Å². The molecular formula is C31H26FN3O2S2. The van der Waals surface area contributed by atoms with Crippen LogP contribution < -0.4 is 10.6 Å². The highest BCUT2D eigenvalue weighted by molar-refractivity contribution is 8.00. The lowest BCUT2D eigenvalue weighted by Gasteiger charge is -2.22. The largest absolute Gasteiger partial charge is 0.322 e. The van der Waals surface area contributed by atoms with Crippen LogP contribution in [0.15, 0.2) is 83.8 Å². The number of nitrogens with zero attached hydrogens (tertiary/aromatic N) is 1. The van der Waals surface area contributed by atoms with Gasteiger partial charge >= 0.3 is 0 Å². The van der Waals surface area contributed by atoms with Crippen LogP contribution in [0.25, 0.3) is 0 Å². The van der Waals surface area contributed by atoms with Crippen LogP contribution in [0.1, 0.15) is 51.2 Å². The predicted octanol–water partition coefficient (Wildman–Crippen LogP) is 7.40. The molecule has 4 aromatic rings. The van der Waals surface area contributed by atoms with Crippen molar-refractivity contribution in [3.8, 4) is 6.07 Å². The van der Waals surface area contributed by atoms with Gasteiger partial charge in [0.2, 0.25) is 5.91 Å². The van der Waals surface area contributed by atoms with Gasteiger partial charge in [-0.15, -0.1) is 23.1 Å². The van der Waals surface area contributed by atoms with E-state index in [-0.39, 0.29) is 11.8 Å². The van der Waals surface area contributed by atoms with E-state index < -0.39 is 11.1 Å². The van der Waals surface area contributed by atoms with Gasteiger partial charge in [-0.1, -0.05) is 36.4 Å². The standard InChI is InChI=1S/C31H26FN3O2S2/c1-19(38-25-9-5-8-24(17-25)34-30(37)21-10-13-23(32)14-11-21)29(36)35-31-27(18-33)26-15-12-22(16-28(26)39-31)20-6-3-2-4-7-20/h2-11,13-14,17,19,22H,12,15-16H2,1H3,(H,34,37)(H,35,36).